The smallest absolute Gasteiger partial charge is 0.325 e. The monoisotopic (exact) mass is 330 g/mol. The summed E-state index contributed by atoms with van der Waals surface area (Å²) in [5.74, 6) is 0.928. The Morgan fingerprint density at radius 1 is 1.21 bits per heavy atom. The summed E-state index contributed by atoms with van der Waals surface area (Å²) in [7, 11) is 0. The maximum Gasteiger partial charge on any atom is 0.325 e. The number of ether oxygens (including phenoxy) is 1. The van der Waals surface area contributed by atoms with E-state index in [9.17, 15) is 9.59 Å². The van der Waals surface area contributed by atoms with E-state index in [-0.39, 0.29) is 24.4 Å². The maximum absolute atomic E-state index is 12.8. The first-order valence-electron chi connectivity index (χ1n) is 8.85. The Labute approximate surface area is 143 Å². The summed E-state index contributed by atoms with van der Waals surface area (Å²) < 4.78 is 5.74. The molecule has 1 aromatic rings. The summed E-state index contributed by atoms with van der Waals surface area (Å²) in [6, 6.07) is 7.45. The van der Waals surface area contributed by atoms with Gasteiger partial charge in [0.15, 0.2) is 0 Å². The lowest BCUT2D eigenvalue weighted by molar-refractivity contribution is -0.133. The third kappa shape index (κ3) is 3.12. The van der Waals surface area contributed by atoms with Crippen LogP contribution in [0.2, 0.25) is 0 Å². The third-order valence-corrected chi connectivity index (χ3v) is 5.39. The fourth-order valence-electron chi connectivity index (χ4n) is 3.84. The summed E-state index contributed by atoms with van der Waals surface area (Å²) in [6.45, 7) is 4.45. The van der Waals surface area contributed by atoms with Crippen LogP contribution in [0.25, 0.3) is 0 Å². The number of amides is 3. The van der Waals surface area contributed by atoms with Gasteiger partial charge in [-0.1, -0.05) is 37.5 Å². The van der Waals surface area contributed by atoms with E-state index < -0.39 is 5.54 Å². The van der Waals surface area contributed by atoms with Crippen molar-refractivity contribution in [2.45, 2.75) is 51.5 Å². The zero-order valence-corrected chi connectivity index (χ0v) is 14.5. The van der Waals surface area contributed by atoms with Crippen molar-refractivity contribution in [3.8, 4) is 5.75 Å². The average molecular weight is 330 g/mol. The van der Waals surface area contributed by atoms with Gasteiger partial charge in [0, 0.05) is 0 Å². The molecule has 24 heavy (non-hydrogen) atoms. The predicted molar refractivity (Wildman–Crippen MR) is 91.9 cm³/mol. The highest BCUT2D eigenvalue weighted by Gasteiger charge is 2.52. The number of aryl methyl sites for hydroxylation is 1. The molecule has 1 saturated heterocycles. The molecule has 0 bridgehead atoms. The van der Waals surface area contributed by atoms with Crippen LogP contribution in [0.3, 0.4) is 0 Å². The number of urea groups is 1. The number of nitrogens with zero attached hydrogens (tertiary/aromatic N) is 1. The molecule has 5 nitrogen and oxygen atoms in total. The van der Waals surface area contributed by atoms with Crippen LogP contribution in [0.1, 0.15) is 44.6 Å². The molecule has 1 aliphatic carbocycles. The van der Waals surface area contributed by atoms with Crippen molar-refractivity contribution < 1.29 is 14.3 Å². The first-order valence-corrected chi connectivity index (χ1v) is 8.85. The van der Waals surface area contributed by atoms with Gasteiger partial charge in [-0.15, -0.1) is 0 Å². The number of carbonyl (C=O) groups excluding carboxylic acids is 2. The predicted octanol–water partition coefficient (Wildman–Crippen LogP) is 3.26. The lowest BCUT2D eigenvalue weighted by atomic mass is 9.75. The van der Waals surface area contributed by atoms with Crippen LogP contribution in [0, 0.1) is 12.8 Å². The molecule has 1 N–H and O–H groups in total. The zero-order chi connectivity index (χ0) is 17.2. The Kier molecular flexibility index (Phi) is 4.78. The van der Waals surface area contributed by atoms with E-state index in [0.717, 1.165) is 37.0 Å². The van der Waals surface area contributed by atoms with Crippen LogP contribution in [0.5, 0.6) is 5.75 Å². The van der Waals surface area contributed by atoms with Crippen LogP contribution in [0.15, 0.2) is 24.3 Å². The van der Waals surface area contributed by atoms with Gasteiger partial charge < -0.3 is 10.1 Å². The quantitative estimate of drug-likeness (QED) is 0.843. The molecule has 2 fully saturated rings. The molecule has 1 atom stereocenters. The first kappa shape index (κ1) is 16.8. The average Bonchev–Trinajstić information content (AvgIpc) is 2.81. The number of imide groups is 1. The van der Waals surface area contributed by atoms with Crippen LogP contribution < -0.4 is 10.1 Å². The second-order valence-corrected chi connectivity index (χ2v) is 7.04. The highest BCUT2D eigenvalue weighted by molar-refractivity contribution is 6.07. The van der Waals surface area contributed by atoms with Crippen molar-refractivity contribution in [2.75, 3.05) is 13.2 Å². The number of hydrogen-bond donors (Lipinski definition) is 1. The van der Waals surface area contributed by atoms with E-state index in [1.807, 2.05) is 38.1 Å². The van der Waals surface area contributed by atoms with Gasteiger partial charge in [-0.2, -0.15) is 0 Å². The molecule has 0 radical (unpaired) electrons. The summed E-state index contributed by atoms with van der Waals surface area (Å²) >= 11 is 0. The van der Waals surface area contributed by atoms with Crippen molar-refractivity contribution in [2.24, 2.45) is 5.92 Å². The van der Waals surface area contributed by atoms with Crippen molar-refractivity contribution in [1.29, 1.82) is 0 Å². The number of para-hydroxylation sites is 1. The Hall–Kier alpha value is -2.04. The van der Waals surface area contributed by atoms with E-state index in [1.165, 1.54) is 11.3 Å². The Bertz CT molecular complexity index is 625. The summed E-state index contributed by atoms with van der Waals surface area (Å²) in [5, 5.41) is 2.94. The zero-order valence-electron chi connectivity index (χ0n) is 14.5. The lowest BCUT2D eigenvalue weighted by Gasteiger charge is -2.34. The van der Waals surface area contributed by atoms with Crippen molar-refractivity contribution >= 4 is 11.9 Å². The number of benzene rings is 1. The van der Waals surface area contributed by atoms with E-state index in [1.54, 1.807) is 0 Å². The Morgan fingerprint density at radius 3 is 2.62 bits per heavy atom. The highest BCUT2D eigenvalue weighted by atomic mass is 16.5. The SMILES string of the molecule is Cc1ccccc1OCCN1C(=O)N[C@](C)(C2CCCCC2)C1=O. The first-order chi connectivity index (χ1) is 11.5. The van der Waals surface area contributed by atoms with Crippen LogP contribution in [-0.4, -0.2) is 35.5 Å². The third-order valence-electron chi connectivity index (χ3n) is 5.39. The molecule has 2 aliphatic rings. The summed E-state index contributed by atoms with van der Waals surface area (Å²) in [6.07, 6.45) is 5.52. The molecule has 3 rings (SSSR count). The fraction of sp³-hybridized carbons (Fsp3) is 0.579. The van der Waals surface area contributed by atoms with Gasteiger partial charge in [0.1, 0.15) is 17.9 Å². The molecule has 1 aliphatic heterocycles. The largest absolute Gasteiger partial charge is 0.491 e. The van der Waals surface area contributed by atoms with Gasteiger partial charge in [-0.25, -0.2) is 4.79 Å². The molecule has 0 spiro atoms. The van der Waals surface area contributed by atoms with Gasteiger partial charge in [0.25, 0.3) is 5.91 Å². The van der Waals surface area contributed by atoms with Crippen LogP contribution in [0.4, 0.5) is 4.79 Å². The normalized spacial score (nSPS) is 25.0. The Morgan fingerprint density at radius 2 is 1.92 bits per heavy atom. The second-order valence-electron chi connectivity index (χ2n) is 7.04. The Balaban J connectivity index is 1.61. The topological polar surface area (TPSA) is 58.6 Å². The fourth-order valence-corrected chi connectivity index (χ4v) is 3.84. The lowest BCUT2D eigenvalue weighted by Crippen LogP contribution is -2.51. The highest BCUT2D eigenvalue weighted by Crippen LogP contribution is 2.36. The van der Waals surface area contributed by atoms with Gasteiger partial charge in [0.2, 0.25) is 0 Å². The summed E-state index contributed by atoms with van der Waals surface area (Å²) in [5.41, 5.74) is 0.293. The van der Waals surface area contributed by atoms with Gasteiger partial charge >= 0.3 is 6.03 Å². The minimum absolute atomic E-state index is 0.104. The molecule has 3 amide bonds. The van der Waals surface area contributed by atoms with Crippen molar-refractivity contribution in [3.05, 3.63) is 29.8 Å². The minimum atomic E-state index is -0.750. The molecule has 0 unspecified atom stereocenters. The van der Waals surface area contributed by atoms with Crippen molar-refractivity contribution in [3.63, 3.8) is 0 Å². The molecular formula is C19H26N2O3. The van der Waals surface area contributed by atoms with Gasteiger partial charge in [-0.05, 0) is 44.2 Å². The van der Waals surface area contributed by atoms with Crippen LogP contribution in [-0.2, 0) is 4.79 Å². The van der Waals surface area contributed by atoms with E-state index in [0.29, 0.717) is 6.61 Å². The number of nitrogens with one attached hydrogen (secondary N) is 1. The van der Waals surface area contributed by atoms with Gasteiger partial charge in [0.05, 0.1) is 6.54 Å². The molecule has 1 saturated carbocycles. The number of hydrogen-bond acceptors (Lipinski definition) is 3. The second kappa shape index (κ2) is 6.83. The summed E-state index contributed by atoms with van der Waals surface area (Å²) in [4.78, 5) is 26.4. The molecule has 1 aromatic carbocycles. The molecule has 5 heteroatoms. The standard InChI is InChI=1S/C19H26N2O3/c1-14-8-6-7-11-16(14)24-13-12-21-17(22)19(2,20-18(21)23)15-9-4-3-5-10-15/h6-8,11,15H,3-5,9-10,12-13H2,1-2H3,(H,20,23)/t19-/m1/s1. The maximum atomic E-state index is 12.8. The van der Waals surface area contributed by atoms with Gasteiger partial charge in [-0.3, -0.25) is 9.69 Å². The van der Waals surface area contributed by atoms with E-state index in [4.69, 9.17) is 4.74 Å². The molecule has 0 aromatic heterocycles. The van der Waals surface area contributed by atoms with Crippen molar-refractivity contribution in [1.82, 2.24) is 10.2 Å². The number of carbonyl (C=O) groups is 2. The molecule has 130 valence electrons. The minimum Gasteiger partial charge on any atom is -0.491 e. The number of rotatable bonds is 5. The molecule has 1 heterocycles. The van der Waals surface area contributed by atoms with Crippen LogP contribution >= 0.6 is 0 Å². The molecular weight excluding hydrogens is 304 g/mol. The van der Waals surface area contributed by atoms with E-state index >= 15 is 0 Å². The van der Waals surface area contributed by atoms with E-state index in [2.05, 4.69) is 5.32 Å².